The molecule has 2 aromatic rings. The number of hydrogen-bond acceptors (Lipinski definition) is 4. The Morgan fingerprint density at radius 1 is 1.47 bits per heavy atom. The van der Waals surface area contributed by atoms with Crippen molar-refractivity contribution >= 4 is 11.6 Å². The van der Waals surface area contributed by atoms with Crippen LogP contribution in [0.1, 0.15) is 30.8 Å². The smallest absolute Gasteiger partial charge is 0.213 e. The van der Waals surface area contributed by atoms with E-state index in [0.29, 0.717) is 12.4 Å². The van der Waals surface area contributed by atoms with E-state index in [1.807, 2.05) is 18.2 Å². The predicted molar refractivity (Wildman–Crippen MR) is 65.6 cm³/mol. The lowest BCUT2D eigenvalue weighted by molar-refractivity contribution is 0.403. The molecule has 1 aromatic carbocycles. The number of hydrogen-bond donors (Lipinski definition) is 1. The van der Waals surface area contributed by atoms with Crippen molar-refractivity contribution in [2.45, 2.75) is 25.9 Å². The molecule has 17 heavy (non-hydrogen) atoms. The van der Waals surface area contributed by atoms with Gasteiger partial charge in [-0.05, 0) is 24.1 Å². The van der Waals surface area contributed by atoms with Gasteiger partial charge in [0.25, 0.3) is 0 Å². The maximum Gasteiger partial charge on any atom is 0.213 e. The zero-order chi connectivity index (χ0) is 12.1. The van der Waals surface area contributed by atoms with Crippen LogP contribution in [-0.4, -0.2) is 10.1 Å². The summed E-state index contributed by atoms with van der Waals surface area (Å²) in [5, 5.41) is 7.88. The monoisotopic (exact) mass is 251 g/mol. The molecule has 1 unspecified atom stereocenters. The molecule has 90 valence electrons. The molecule has 1 atom stereocenters. The fourth-order valence-corrected chi connectivity index (χ4v) is 1.90. The highest BCUT2D eigenvalue weighted by Gasteiger charge is 2.10. The molecule has 0 saturated heterocycles. The van der Waals surface area contributed by atoms with Gasteiger partial charge in [-0.1, -0.05) is 35.8 Å². The van der Waals surface area contributed by atoms with Gasteiger partial charge in [-0.2, -0.15) is 4.98 Å². The highest BCUT2D eigenvalue weighted by atomic mass is 35.5. The van der Waals surface area contributed by atoms with Gasteiger partial charge in [0.05, 0.1) is 6.54 Å². The maximum atomic E-state index is 5.98. The summed E-state index contributed by atoms with van der Waals surface area (Å²) in [6, 6.07) is 8.10. The van der Waals surface area contributed by atoms with Gasteiger partial charge in [-0.3, -0.25) is 0 Å². The first kappa shape index (κ1) is 12.1. The molecule has 4 nitrogen and oxygen atoms in total. The summed E-state index contributed by atoms with van der Waals surface area (Å²) in [5.74, 6) is 0.658. The standard InChI is InChI=1S/C12H14ClN3O/c1-2-11(9-4-3-5-10(13)6-9)14-7-12-15-8-17-16-12/h3-6,8,11,14H,2,7H2,1H3. The number of halogens is 1. The number of rotatable bonds is 5. The highest BCUT2D eigenvalue weighted by Crippen LogP contribution is 2.20. The Bertz CT molecular complexity index is 459. The first-order valence-corrected chi connectivity index (χ1v) is 5.91. The minimum Gasteiger partial charge on any atom is -0.343 e. The molecular formula is C12H14ClN3O. The van der Waals surface area contributed by atoms with Crippen LogP contribution in [0, 0.1) is 0 Å². The molecule has 0 fully saturated rings. The minimum absolute atomic E-state index is 0.243. The molecule has 1 aromatic heterocycles. The average Bonchev–Trinajstić information content (AvgIpc) is 2.83. The summed E-state index contributed by atoms with van der Waals surface area (Å²) >= 11 is 5.98. The van der Waals surface area contributed by atoms with Gasteiger partial charge in [-0.25, -0.2) is 0 Å². The van der Waals surface area contributed by atoms with Crippen LogP contribution in [0.3, 0.4) is 0 Å². The summed E-state index contributed by atoms with van der Waals surface area (Å²) in [5.41, 5.74) is 1.17. The second-order valence-electron chi connectivity index (χ2n) is 3.74. The number of benzene rings is 1. The van der Waals surface area contributed by atoms with Crippen LogP contribution < -0.4 is 5.32 Å². The second kappa shape index (κ2) is 5.80. The summed E-state index contributed by atoms with van der Waals surface area (Å²) in [7, 11) is 0. The molecule has 0 radical (unpaired) electrons. The molecule has 0 spiro atoms. The number of aromatic nitrogens is 2. The van der Waals surface area contributed by atoms with Crippen molar-refractivity contribution in [1.29, 1.82) is 0 Å². The lowest BCUT2D eigenvalue weighted by Gasteiger charge is -2.16. The summed E-state index contributed by atoms with van der Waals surface area (Å²) < 4.78 is 4.68. The lowest BCUT2D eigenvalue weighted by Crippen LogP contribution is -2.20. The van der Waals surface area contributed by atoms with E-state index >= 15 is 0 Å². The van der Waals surface area contributed by atoms with Gasteiger partial charge in [0.2, 0.25) is 6.39 Å². The molecule has 5 heteroatoms. The first-order valence-electron chi connectivity index (χ1n) is 5.53. The van der Waals surface area contributed by atoms with E-state index in [-0.39, 0.29) is 6.04 Å². The van der Waals surface area contributed by atoms with Gasteiger partial charge >= 0.3 is 0 Å². The van der Waals surface area contributed by atoms with Gasteiger partial charge in [-0.15, -0.1) is 0 Å². The summed E-state index contributed by atoms with van der Waals surface area (Å²) in [4.78, 5) is 3.97. The average molecular weight is 252 g/mol. The second-order valence-corrected chi connectivity index (χ2v) is 4.18. The molecular weight excluding hydrogens is 238 g/mol. The van der Waals surface area contributed by atoms with Crippen LogP contribution in [0.4, 0.5) is 0 Å². The zero-order valence-corrected chi connectivity index (χ0v) is 10.3. The molecule has 0 saturated carbocycles. The lowest BCUT2D eigenvalue weighted by atomic mass is 10.0. The fraction of sp³-hybridized carbons (Fsp3) is 0.333. The SMILES string of the molecule is CCC(NCc1ncon1)c1cccc(Cl)c1. The van der Waals surface area contributed by atoms with Crippen molar-refractivity contribution < 1.29 is 4.52 Å². The first-order chi connectivity index (χ1) is 8.29. The third-order valence-electron chi connectivity index (χ3n) is 2.57. The zero-order valence-electron chi connectivity index (χ0n) is 9.56. The Hall–Kier alpha value is -1.39. The normalized spacial score (nSPS) is 12.6. The van der Waals surface area contributed by atoms with Crippen molar-refractivity contribution in [3.8, 4) is 0 Å². The van der Waals surface area contributed by atoms with Gasteiger partial charge in [0.15, 0.2) is 5.82 Å². The van der Waals surface area contributed by atoms with Crippen LogP contribution in [0.25, 0.3) is 0 Å². The molecule has 0 amide bonds. The Morgan fingerprint density at radius 2 is 2.35 bits per heavy atom. The maximum absolute atomic E-state index is 5.98. The third kappa shape index (κ3) is 3.28. The van der Waals surface area contributed by atoms with Crippen molar-refractivity contribution in [3.63, 3.8) is 0 Å². The molecule has 0 aliphatic rings. The molecule has 0 bridgehead atoms. The molecule has 0 aliphatic carbocycles. The molecule has 2 rings (SSSR count). The predicted octanol–water partition coefficient (Wildman–Crippen LogP) is 2.96. The van der Waals surface area contributed by atoms with E-state index in [4.69, 9.17) is 11.6 Å². The van der Waals surface area contributed by atoms with Gasteiger partial charge < -0.3 is 9.84 Å². The van der Waals surface area contributed by atoms with E-state index in [2.05, 4.69) is 33.0 Å². The van der Waals surface area contributed by atoms with Crippen molar-refractivity contribution in [2.75, 3.05) is 0 Å². The Kier molecular flexibility index (Phi) is 4.12. The number of nitrogens with zero attached hydrogens (tertiary/aromatic N) is 2. The van der Waals surface area contributed by atoms with Crippen LogP contribution in [-0.2, 0) is 6.54 Å². The van der Waals surface area contributed by atoms with Gasteiger partial charge in [0, 0.05) is 11.1 Å². The van der Waals surface area contributed by atoms with Crippen LogP contribution in [0.5, 0.6) is 0 Å². The van der Waals surface area contributed by atoms with Crippen LogP contribution in [0.15, 0.2) is 35.2 Å². The van der Waals surface area contributed by atoms with E-state index in [0.717, 1.165) is 11.4 Å². The van der Waals surface area contributed by atoms with Crippen LogP contribution >= 0.6 is 11.6 Å². The van der Waals surface area contributed by atoms with Crippen molar-refractivity contribution in [3.05, 3.63) is 47.1 Å². The molecule has 0 aliphatic heterocycles. The summed E-state index contributed by atoms with van der Waals surface area (Å²) in [6.45, 7) is 2.70. The van der Waals surface area contributed by atoms with E-state index in [9.17, 15) is 0 Å². The van der Waals surface area contributed by atoms with E-state index < -0.39 is 0 Å². The quantitative estimate of drug-likeness (QED) is 0.888. The Labute approximate surface area is 105 Å². The summed E-state index contributed by atoms with van der Waals surface area (Å²) in [6.07, 6.45) is 2.30. The van der Waals surface area contributed by atoms with Crippen molar-refractivity contribution in [2.24, 2.45) is 0 Å². The van der Waals surface area contributed by atoms with E-state index in [1.165, 1.54) is 12.0 Å². The van der Waals surface area contributed by atoms with E-state index in [1.54, 1.807) is 0 Å². The Morgan fingerprint density at radius 3 is 3.00 bits per heavy atom. The number of nitrogens with one attached hydrogen (secondary N) is 1. The molecule has 1 heterocycles. The molecule has 1 N–H and O–H groups in total. The highest BCUT2D eigenvalue weighted by molar-refractivity contribution is 6.30. The largest absolute Gasteiger partial charge is 0.343 e. The van der Waals surface area contributed by atoms with Crippen LogP contribution in [0.2, 0.25) is 5.02 Å². The Balaban J connectivity index is 2.01. The topological polar surface area (TPSA) is 51.0 Å². The third-order valence-corrected chi connectivity index (χ3v) is 2.81. The van der Waals surface area contributed by atoms with Gasteiger partial charge in [0.1, 0.15) is 0 Å². The minimum atomic E-state index is 0.243. The van der Waals surface area contributed by atoms with Crippen molar-refractivity contribution in [1.82, 2.24) is 15.5 Å². The fourth-order valence-electron chi connectivity index (χ4n) is 1.71.